The number of hydrogen-bond acceptors (Lipinski definition) is 4. The summed E-state index contributed by atoms with van der Waals surface area (Å²) in [6.45, 7) is 18.3. The molecule has 0 aliphatic heterocycles. The Morgan fingerprint density at radius 1 is 1.05 bits per heavy atom. The number of aliphatic hydroxyl groups is 1. The van der Waals surface area contributed by atoms with Crippen LogP contribution in [0.3, 0.4) is 0 Å². The van der Waals surface area contributed by atoms with Crippen molar-refractivity contribution in [3.8, 4) is 0 Å². The second-order valence-corrected chi connectivity index (χ2v) is 12.1. The van der Waals surface area contributed by atoms with E-state index in [0.29, 0.717) is 6.61 Å². The fourth-order valence-corrected chi connectivity index (χ4v) is 1.90. The van der Waals surface area contributed by atoms with E-state index in [9.17, 15) is 9.59 Å². The third-order valence-electron chi connectivity index (χ3n) is 4.16. The van der Waals surface area contributed by atoms with Gasteiger partial charge in [-0.25, -0.2) is 0 Å². The fourth-order valence-electron chi connectivity index (χ4n) is 0.796. The molecule has 0 saturated carbocycles. The first-order valence-corrected chi connectivity index (χ1v) is 10.4. The first-order chi connectivity index (χ1) is 9.26. The quantitative estimate of drug-likeness (QED) is 0.762. The maximum Gasteiger partial charge on any atom is 0.192 e. The summed E-state index contributed by atoms with van der Waals surface area (Å²) in [5, 5.41) is 8.51. The molecule has 2 atom stereocenters. The van der Waals surface area contributed by atoms with E-state index >= 15 is 0 Å². The van der Waals surface area contributed by atoms with Crippen LogP contribution in [0.4, 0.5) is 0 Å². The topological polar surface area (TPSA) is 63.6 Å². The van der Waals surface area contributed by atoms with Gasteiger partial charge in [-0.05, 0) is 32.0 Å². The van der Waals surface area contributed by atoms with E-state index in [1.165, 1.54) is 6.92 Å². The Morgan fingerprint density at radius 2 is 1.43 bits per heavy atom. The van der Waals surface area contributed by atoms with Gasteiger partial charge in [0.2, 0.25) is 0 Å². The summed E-state index contributed by atoms with van der Waals surface area (Å²) in [4.78, 5) is 21.3. The second kappa shape index (κ2) is 9.49. The van der Waals surface area contributed by atoms with E-state index in [2.05, 4.69) is 33.9 Å². The van der Waals surface area contributed by atoms with Crippen LogP contribution in [0.25, 0.3) is 0 Å². The maximum absolute atomic E-state index is 11.0. The maximum atomic E-state index is 11.0. The molecule has 1 N–H and O–H groups in total. The Hall–Kier alpha value is -0.523. The number of hydrogen-bond donors (Lipinski definition) is 1. The van der Waals surface area contributed by atoms with Crippen molar-refractivity contribution in [1.82, 2.24) is 0 Å². The van der Waals surface area contributed by atoms with E-state index < -0.39 is 8.32 Å². The zero-order chi connectivity index (χ0) is 17.4. The molecule has 21 heavy (non-hydrogen) atoms. The Labute approximate surface area is 131 Å². The van der Waals surface area contributed by atoms with Crippen molar-refractivity contribution in [2.24, 2.45) is 11.8 Å². The molecule has 0 aliphatic rings. The van der Waals surface area contributed by atoms with Gasteiger partial charge in [-0.1, -0.05) is 34.6 Å². The Balaban J connectivity index is 0. The molecule has 0 saturated heterocycles. The normalized spacial score (nSPS) is 14.8. The first-order valence-electron chi connectivity index (χ1n) is 7.52. The van der Waals surface area contributed by atoms with E-state index in [1.807, 2.05) is 6.92 Å². The lowest BCUT2D eigenvalue weighted by Gasteiger charge is -2.36. The number of Topliss-reactive ketones (excluding diaryl/α,β-unsaturated/α-hetero) is 2. The van der Waals surface area contributed by atoms with E-state index in [-0.39, 0.29) is 35.0 Å². The standard InChI is InChI=1S/C11H24O2Si.C5H10O2/c1-9(10(2)12)8-13-14(6,7)11(3,4)5;1-4(3-6)5(2)7/h9H,8H2,1-7H3;4,6H,3H2,1-2H3/t9-;4-/m00/s1. The van der Waals surface area contributed by atoms with Crippen molar-refractivity contribution in [2.45, 2.75) is 66.6 Å². The summed E-state index contributed by atoms with van der Waals surface area (Å²) in [5.74, 6) is 0.107. The molecular weight excluding hydrogens is 284 g/mol. The summed E-state index contributed by atoms with van der Waals surface area (Å²) in [7, 11) is -1.67. The lowest BCUT2D eigenvalue weighted by molar-refractivity contribution is -0.122. The van der Waals surface area contributed by atoms with Gasteiger partial charge in [-0.2, -0.15) is 0 Å². The highest BCUT2D eigenvalue weighted by Crippen LogP contribution is 2.36. The van der Waals surface area contributed by atoms with Crippen molar-refractivity contribution in [3.05, 3.63) is 0 Å². The SMILES string of the molecule is CC(=O)[C@@H](C)CO.CC(=O)[C@@H](C)CO[Si](C)(C)C(C)(C)C. The molecule has 0 spiro atoms. The summed E-state index contributed by atoms with van der Waals surface area (Å²) in [6.07, 6.45) is 0. The van der Waals surface area contributed by atoms with Crippen LogP contribution in [-0.4, -0.2) is 38.2 Å². The van der Waals surface area contributed by atoms with Crippen LogP contribution < -0.4 is 0 Å². The number of carbonyl (C=O) groups is 2. The lowest BCUT2D eigenvalue weighted by Crippen LogP contribution is -2.42. The summed E-state index contributed by atoms with van der Waals surface area (Å²) in [5.41, 5.74) is 0. The molecule has 126 valence electrons. The molecule has 5 heteroatoms. The van der Waals surface area contributed by atoms with Crippen LogP contribution >= 0.6 is 0 Å². The highest BCUT2D eigenvalue weighted by atomic mass is 28.4. The third-order valence-corrected chi connectivity index (χ3v) is 8.66. The lowest BCUT2D eigenvalue weighted by atomic mass is 10.1. The van der Waals surface area contributed by atoms with Crippen molar-refractivity contribution in [3.63, 3.8) is 0 Å². The van der Waals surface area contributed by atoms with Crippen molar-refractivity contribution in [2.75, 3.05) is 13.2 Å². The van der Waals surface area contributed by atoms with Crippen LogP contribution in [0, 0.1) is 11.8 Å². The van der Waals surface area contributed by atoms with Crippen LogP contribution in [0.1, 0.15) is 48.5 Å². The zero-order valence-electron chi connectivity index (χ0n) is 15.2. The molecule has 4 nitrogen and oxygen atoms in total. The van der Waals surface area contributed by atoms with E-state index in [4.69, 9.17) is 9.53 Å². The Morgan fingerprint density at radius 3 is 1.62 bits per heavy atom. The summed E-state index contributed by atoms with van der Waals surface area (Å²) in [6, 6.07) is 0. The Kier molecular flexibility index (Phi) is 10.3. The van der Waals surface area contributed by atoms with Gasteiger partial charge < -0.3 is 9.53 Å². The summed E-state index contributed by atoms with van der Waals surface area (Å²) < 4.78 is 5.94. The average Bonchev–Trinajstić information content (AvgIpc) is 2.33. The van der Waals surface area contributed by atoms with Gasteiger partial charge in [0.1, 0.15) is 11.6 Å². The van der Waals surface area contributed by atoms with Crippen molar-refractivity contribution >= 4 is 19.9 Å². The highest BCUT2D eigenvalue weighted by molar-refractivity contribution is 6.74. The predicted octanol–water partition coefficient (Wildman–Crippen LogP) is 3.44. The predicted molar refractivity (Wildman–Crippen MR) is 89.9 cm³/mol. The smallest absolute Gasteiger partial charge is 0.192 e. The largest absolute Gasteiger partial charge is 0.416 e. The monoisotopic (exact) mass is 318 g/mol. The van der Waals surface area contributed by atoms with Crippen LogP contribution in [0.15, 0.2) is 0 Å². The van der Waals surface area contributed by atoms with E-state index in [1.54, 1.807) is 13.8 Å². The minimum atomic E-state index is -1.67. The fraction of sp³-hybridized carbons (Fsp3) is 0.875. The number of carbonyl (C=O) groups excluding carboxylic acids is 2. The highest BCUT2D eigenvalue weighted by Gasteiger charge is 2.37. The van der Waals surface area contributed by atoms with Crippen LogP contribution in [-0.2, 0) is 14.0 Å². The molecule has 0 aromatic heterocycles. The average molecular weight is 319 g/mol. The van der Waals surface area contributed by atoms with Crippen LogP contribution in [0.5, 0.6) is 0 Å². The first kappa shape index (κ1) is 22.8. The number of rotatable bonds is 6. The molecular formula is C16H34O4Si. The molecule has 0 aromatic rings. The molecule has 0 amide bonds. The zero-order valence-corrected chi connectivity index (χ0v) is 16.2. The molecule has 0 bridgehead atoms. The molecule has 0 aromatic carbocycles. The van der Waals surface area contributed by atoms with Gasteiger partial charge in [-0.15, -0.1) is 0 Å². The number of aliphatic hydroxyl groups excluding tert-OH is 1. The summed E-state index contributed by atoms with van der Waals surface area (Å²) >= 11 is 0. The molecule has 0 aliphatic carbocycles. The van der Waals surface area contributed by atoms with Gasteiger partial charge in [-0.3, -0.25) is 9.59 Å². The van der Waals surface area contributed by atoms with Gasteiger partial charge >= 0.3 is 0 Å². The van der Waals surface area contributed by atoms with E-state index in [0.717, 1.165) is 0 Å². The minimum absolute atomic E-state index is 0.0316. The molecule has 0 heterocycles. The molecule has 0 fully saturated rings. The molecule has 0 radical (unpaired) electrons. The van der Waals surface area contributed by atoms with Crippen molar-refractivity contribution < 1.29 is 19.1 Å². The number of ketones is 2. The molecule has 0 rings (SSSR count). The third kappa shape index (κ3) is 9.93. The second-order valence-electron chi connectivity index (χ2n) is 7.28. The molecule has 0 unspecified atom stereocenters. The minimum Gasteiger partial charge on any atom is -0.416 e. The van der Waals surface area contributed by atoms with Gasteiger partial charge in [0.15, 0.2) is 8.32 Å². The van der Waals surface area contributed by atoms with Gasteiger partial charge in [0.05, 0.1) is 6.61 Å². The Bertz CT molecular complexity index is 332. The van der Waals surface area contributed by atoms with Gasteiger partial charge in [0.25, 0.3) is 0 Å². The van der Waals surface area contributed by atoms with Gasteiger partial charge in [0, 0.05) is 18.4 Å². The van der Waals surface area contributed by atoms with Crippen LogP contribution in [0.2, 0.25) is 18.1 Å². The van der Waals surface area contributed by atoms with Crippen molar-refractivity contribution in [1.29, 1.82) is 0 Å².